The fraction of sp³-hybridized carbons (Fsp3) is 0.762. The van der Waals surface area contributed by atoms with Crippen molar-refractivity contribution in [3.63, 3.8) is 0 Å². The van der Waals surface area contributed by atoms with Crippen molar-refractivity contribution in [2.24, 2.45) is 5.41 Å². The van der Waals surface area contributed by atoms with Gasteiger partial charge in [0.05, 0.1) is 0 Å². The quantitative estimate of drug-likeness (QED) is 0.851. The average molecular weight is 388 g/mol. The minimum atomic E-state index is -0.144. The second-order valence-electron chi connectivity index (χ2n) is 9.10. The van der Waals surface area contributed by atoms with Gasteiger partial charge in [0.15, 0.2) is 0 Å². The number of ether oxygens (including phenoxy) is 1. The predicted molar refractivity (Wildman–Crippen MR) is 109 cm³/mol. The zero-order valence-corrected chi connectivity index (χ0v) is 17.6. The van der Waals surface area contributed by atoms with Gasteiger partial charge in [0.2, 0.25) is 5.82 Å². The summed E-state index contributed by atoms with van der Waals surface area (Å²) in [4.78, 5) is 25.2. The van der Waals surface area contributed by atoms with Gasteiger partial charge in [0.25, 0.3) is 5.91 Å². The molecule has 1 spiro atoms. The second-order valence-corrected chi connectivity index (χ2v) is 9.10. The Kier molecular flexibility index (Phi) is 5.31. The second kappa shape index (κ2) is 7.59. The summed E-state index contributed by atoms with van der Waals surface area (Å²) >= 11 is 0. The lowest BCUT2D eigenvalue weighted by atomic mass is 9.61. The first-order chi connectivity index (χ1) is 13.4. The van der Waals surface area contributed by atoms with Crippen LogP contribution in [-0.4, -0.2) is 73.3 Å². The third kappa shape index (κ3) is 3.74. The Hall–Kier alpha value is -1.73. The van der Waals surface area contributed by atoms with Gasteiger partial charge in [-0.05, 0) is 51.4 Å². The molecule has 2 aliphatic heterocycles. The van der Waals surface area contributed by atoms with Crippen LogP contribution in [0.2, 0.25) is 0 Å². The maximum Gasteiger partial charge on any atom is 0.291 e. The number of anilines is 1. The van der Waals surface area contributed by atoms with Crippen molar-refractivity contribution in [1.29, 1.82) is 0 Å². The van der Waals surface area contributed by atoms with Gasteiger partial charge in [-0.2, -0.15) is 0 Å². The van der Waals surface area contributed by atoms with Gasteiger partial charge in [0, 0.05) is 63.7 Å². The molecule has 0 radical (unpaired) electrons. The fourth-order valence-corrected chi connectivity index (χ4v) is 4.96. The summed E-state index contributed by atoms with van der Waals surface area (Å²) in [5.74, 6) is 1.06. The van der Waals surface area contributed by atoms with Crippen LogP contribution in [0.25, 0.3) is 0 Å². The monoisotopic (exact) mass is 387 g/mol. The Morgan fingerprint density at radius 2 is 1.89 bits per heavy atom. The summed E-state index contributed by atoms with van der Waals surface area (Å²) in [6.07, 6.45) is 6.15. The van der Waals surface area contributed by atoms with E-state index in [2.05, 4.69) is 27.1 Å². The number of aryl methyl sites for hydroxylation is 1. The molecule has 2 saturated heterocycles. The Morgan fingerprint density at radius 3 is 2.57 bits per heavy atom. The molecule has 154 valence electrons. The normalized spacial score (nSPS) is 24.4. The first-order valence-corrected chi connectivity index (χ1v) is 10.5. The summed E-state index contributed by atoms with van der Waals surface area (Å²) in [7, 11) is 3.47. The van der Waals surface area contributed by atoms with Crippen LogP contribution in [0.5, 0.6) is 0 Å². The van der Waals surface area contributed by atoms with Gasteiger partial charge in [-0.15, -0.1) is 0 Å². The molecule has 0 unspecified atom stereocenters. The molecule has 3 heterocycles. The van der Waals surface area contributed by atoms with Crippen LogP contribution in [0.4, 0.5) is 5.82 Å². The van der Waals surface area contributed by atoms with Gasteiger partial charge in [0.1, 0.15) is 5.82 Å². The van der Waals surface area contributed by atoms with Crippen LogP contribution in [0.15, 0.2) is 0 Å². The number of amides is 1. The molecule has 1 atom stereocenters. The van der Waals surface area contributed by atoms with E-state index in [-0.39, 0.29) is 5.91 Å². The van der Waals surface area contributed by atoms with E-state index in [1.165, 1.54) is 30.6 Å². The highest BCUT2D eigenvalue weighted by molar-refractivity contribution is 5.90. The van der Waals surface area contributed by atoms with Crippen molar-refractivity contribution in [3.8, 4) is 0 Å². The molecule has 28 heavy (non-hydrogen) atoms. The Bertz CT molecular complexity index is 737. The van der Waals surface area contributed by atoms with Crippen LogP contribution in [0, 0.1) is 19.3 Å². The molecular weight excluding hydrogens is 354 g/mol. The molecule has 1 N–H and O–H groups in total. The van der Waals surface area contributed by atoms with Crippen LogP contribution < -0.4 is 10.2 Å². The third-order valence-corrected chi connectivity index (χ3v) is 6.83. The molecule has 3 fully saturated rings. The molecule has 0 aromatic carbocycles. The first kappa shape index (κ1) is 19.6. The van der Waals surface area contributed by atoms with Crippen molar-refractivity contribution in [2.75, 3.05) is 45.3 Å². The zero-order chi connectivity index (χ0) is 19.9. The van der Waals surface area contributed by atoms with Gasteiger partial charge in [-0.1, -0.05) is 0 Å². The summed E-state index contributed by atoms with van der Waals surface area (Å²) in [6, 6.07) is 1.13. The number of hydrogen-bond donors (Lipinski definition) is 1. The minimum Gasteiger partial charge on any atom is -0.381 e. The van der Waals surface area contributed by atoms with E-state index in [4.69, 9.17) is 4.74 Å². The van der Waals surface area contributed by atoms with E-state index in [0.29, 0.717) is 23.3 Å². The van der Waals surface area contributed by atoms with Crippen LogP contribution in [0.1, 0.15) is 54.0 Å². The standard InChI is InChI=1S/C21H33N5O2/c1-14-15(2)22-18(20(27)25(3)4)24-19(14)26-8-5-16(13-26)23-17-11-21(12-17)6-9-28-10-7-21/h16-17,23H,5-13H2,1-4H3/t16-/m1/s1. The Morgan fingerprint density at radius 1 is 1.18 bits per heavy atom. The molecule has 1 aliphatic carbocycles. The van der Waals surface area contributed by atoms with E-state index >= 15 is 0 Å². The number of nitrogens with one attached hydrogen (secondary N) is 1. The van der Waals surface area contributed by atoms with E-state index < -0.39 is 0 Å². The lowest BCUT2D eigenvalue weighted by Crippen LogP contribution is -2.54. The largest absolute Gasteiger partial charge is 0.381 e. The van der Waals surface area contributed by atoms with E-state index in [0.717, 1.165) is 49.8 Å². The van der Waals surface area contributed by atoms with Crippen molar-refractivity contribution in [1.82, 2.24) is 20.2 Å². The molecule has 1 amide bonds. The SMILES string of the molecule is Cc1nc(C(=O)N(C)C)nc(N2CC[C@@H](NC3CC4(CCOCC4)C3)C2)c1C. The number of carbonyl (C=O) groups excluding carboxylic acids is 1. The predicted octanol–water partition coefficient (Wildman–Crippen LogP) is 1.92. The van der Waals surface area contributed by atoms with E-state index in [1.54, 1.807) is 14.1 Å². The van der Waals surface area contributed by atoms with Crippen LogP contribution in [0.3, 0.4) is 0 Å². The van der Waals surface area contributed by atoms with Crippen molar-refractivity contribution in [2.45, 2.75) is 58.0 Å². The number of nitrogens with zero attached hydrogens (tertiary/aromatic N) is 4. The van der Waals surface area contributed by atoms with E-state index in [1.807, 2.05) is 6.92 Å². The summed E-state index contributed by atoms with van der Waals surface area (Å²) in [5, 5.41) is 3.88. The lowest BCUT2D eigenvalue weighted by molar-refractivity contribution is -0.0467. The van der Waals surface area contributed by atoms with Crippen molar-refractivity contribution >= 4 is 11.7 Å². The minimum absolute atomic E-state index is 0.144. The van der Waals surface area contributed by atoms with Crippen molar-refractivity contribution < 1.29 is 9.53 Å². The number of aromatic nitrogens is 2. The highest BCUT2D eigenvalue weighted by Gasteiger charge is 2.45. The van der Waals surface area contributed by atoms with Gasteiger partial charge in [-0.3, -0.25) is 4.79 Å². The summed E-state index contributed by atoms with van der Waals surface area (Å²) in [6.45, 7) is 7.79. The molecular formula is C21H33N5O2. The Labute approximate surface area is 167 Å². The van der Waals surface area contributed by atoms with Crippen LogP contribution in [-0.2, 0) is 4.74 Å². The first-order valence-electron chi connectivity index (χ1n) is 10.5. The molecule has 3 aliphatic rings. The number of rotatable bonds is 4. The number of hydrogen-bond acceptors (Lipinski definition) is 6. The third-order valence-electron chi connectivity index (χ3n) is 6.83. The topological polar surface area (TPSA) is 70.6 Å². The average Bonchev–Trinajstić information content (AvgIpc) is 3.11. The van der Waals surface area contributed by atoms with Gasteiger partial charge < -0.3 is 19.9 Å². The summed E-state index contributed by atoms with van der Waals surface area (Å²) in [5.41, 5.74) is 2.50. The highest BCUT2D eigenvalue weighted by atomic mass is 16.5. The smallest absolute Gasteiger partial charge is 0.291 e. The molecule has 1 aromatic rings. The fourth-order valence-electron chi connectivity index (χ4n) is 4.96. The van der Waals surface area contributed by atoms with Crippen molar-refractivity contribution in [3.05, 3.63) is 17.1 Å². The summed E-state index contributed by atoms with van der Waals surface area (Å²) < 4.78 is 5.53. The Balaban J connectivity index is 1.38. The van der Waals surface area contributed by atoms with Gasteiger partial charge in [-0.25, -0.2) is 9.97 Å². The molecule has 1 aromatic heterocycles. The number of carbonyl (C=O) groups is 1. The molecule has 7 nitrogen and oxygen atoms in total. The van der Waals surface area contributed by atoms with Gasteiger partial charge >= 0.3 is 0 Å². The zero-order valence-electron chi connectivity index (χ0n) is 17.6. The maximum absolute atomic E-state index is 12.3. The molecule has 7 heteroatoms. The molecule has 0 bridgehead atoms. The van der Waals surface area contributed by atoms with E-state index in [9.17, 15) is 4.79 Å². The highest BCUT2D eigenvalue weighted by Crippen LogP contribution is 2.48. The maximum atomic E-state index is 12.3. The molecule has 4 rings (SSSR count). The molecule has 1 saturated carbocycles. The van der Waals surface area contributed by atoms with Crippen LogP contribution >= 0.6 is 0 Å². The lowest BCUT2D eigenvalue weighted by Gasteiger charge is -2.51.